The first-order chi connectivity index (χ1) is 13.7. The molecule has 2 N–H and O–H groups in total. The number of aryl methyl sites for hydroxylation is 1. The maximum atomic E-state index is 12.7. The Bertz CT molecular complexity index is 994. The van der Waals surface area contributed by atoms with Crippen molar-refractivity contribution in [3.8, 4) is 0 Å². The molecule has 10 heteroatoms. The predicted octanol–water partition coefficient (Wildman–Crippen LogP) is 3.11. The number of nitro benzene ring substituents is 1. The van der Waals surface area contributed by atoms with Crippen LogP contribution in [0.3, 0.4) is 0 Å². The summed E-state index contributed by atoms with van der Waals surface area (Å²) in [6.45, 7) is 4.42. The largest absolute Gasteiger partial charge is 0.375 e. The van der Waals surface area contributed by atoms with Gasteiger partial charge in [-0.3, -0.25) is 14.8 Å². The van der Waals surface area contributed by atoms with E-state index < -0.39 is 14.9 Å². The number of aromatic nitrogens is 2. The second-order valence-electron chi connectivity index (χ2n) is 7.75. The van der Waals surface area contributed by atoms with Crippen LogP contribution in [0.4, 0.5) is 11.4 Å². The van der Waals surface area contributed by atoms with Crippen molar-refractivity contribution >= 4 is 21.4 Å². The van der Waals surface area contributed by atoms with Crippen molar-refractivity contribution in [2.24, 2.45) is 13.0 Å². The molecule has 1 aromatic heterocycles. The molecule has 1 fully saturated rings. The lowest BCUT2D eigenvalue weighted by Gasteiger charge is -2.26. The van der Waals surface area contributed by atoms with E-state index in [0.29, 0.717) is 12.5 Å². The normalized spacial score (nSPS) is 19.8. The third-order valence-corrected chi connectivity index (χ3v) is 7.14. The van der Waals surface area contributed by atoms with Crippen LogP contribution in [0.15, 0.2) is 29.3 Å². The molecule has 0 aliphatic heterocycles. The molecule has 1 aromatic carbocycles. The zero-order chi connectivity index (χ0) is 21.2. The van der Waals surface area contributed by atoms with Crippen LogP contribution in [0.2, 0.25) is 0 Å². The molecule has 0 atom stereocenters. The van der Waals surface area contributed by atoms with Crippen molar-refractivity contribution in [1.29, 1.82) is 0 Å². The van der Waals surface area contributed by atoms with E-state index in [9.17, 15) is 18.5 Å². The highest BCUT2D eigenvalue weighted by Gasteiger charge is 2.26. The molecule has 29 heavy (non-hydrogen) atoms. The first kappa shape index (κ1) is 21.3. The zero-order valence-corrected chi connectivity index (χ0v) is 17.7. The van der Waals surface area contributed by atoms with Crippen molar-refractivity contribution in [2.45, 2.75) is 57.0 Å². The molecule has 1 aliphatic carbocycles. The minimum Gasteiger partial charge on any atom is -0.375 e. The Morgan fingerprint density at radius 1 is 1.28 bits per heavy atom. The van der Waals surface area contributed by atoms with Crippen LogP contribution in [-0.4, -0.2) is 29.2 Å². The van der Waals surface area contributed by atoms with E-state index in [1.54, 1.807) is 10.9 Å². The molecule has 3 rings (SSSR count). The number of nitrogens with one attached hydrogen (secondary N) is 2. The molecular weight excluding hydrogens is 394 g/mol. The average molecular weight is 422 g/mol. The average Bonchev–Trinajstić information content (AvgIpc) is 2.99. The van der Waals surface area contributed by atoms with Gasteiger partial charge in [0.05, 0.1) is 16.0 Å². The van der Waals surface area contributed by atoms with Crippen molar-refractivity contribution in [1.82, 2.24) is 14.5 Å². The van der Waals surface area contributed by atoms with Gasteiger partial charge in [-0.25, -0.2) is 13.1 Å². The van der Waals surface area contributed by atoms with E-state index in [1.165, 1.54) is 12.1 Å². The maximum Gasteiger partial charge on any atom is 0.293 e. The van der Waals surface area contributed by atoms with Gasteiger partial charge in [0.25, 0.3) is 5.69 Å². The lowest BCUT2D eigenvalue weighted by molar-refractivity contribution is -0.384. The fourth-order valence-corrected chi connectivity index (χ4v) is 4.88. The SMILES string of the molecule is Cc1c(CNc2ccc(S(=O)(=O)NC3CCC(C)CC3)cc2[N+](=O)[O-])cnn1C. The summed E-state index contributed by atoms with van der Waals surface area (Å²) in [6.07, 6.45) is 5.22. The Labute approximate surface area is 170 Å². The van der Waals surface area contributed by atoms with E-state index in [-0.39, 0.29) is 22.3 Å². The van der Waals surface area contributed by atoms with Crippen LogP contribution < -0.4 is 10.0 Å². The van der Waals surface area contributed by atoms with E-state index in [1.807, 2.05) is 14.0 Å². The standard InChI is InChI=1S/C19H27N5O4S/c1-13-4-6-16(7-5-13)22-29(27,28)17-8-9-18(19(10-17)24(25)26)20-11-15-12-21-23(3)14(15)2/h8-10,12-13,16,20,22H,4-7,11H2,1-3H3. The fraction of sp³-hybridized carbons (Fsp3) is 0.526. The lowest BCUT2D eigenvalue weighted by Crippen LogP contribution is -2.37. The predicted molar refractivity (Wildman–Crippen MR) is 110 cm³/mol. The molecular formula is C19H27N5O4S. The summed E-state index contributed by atoms with van der Waals surface area (Å²) in [4.78, 5) is 10.9. The molecule has 1 heterocycles. The van der Waals surface area contributed by atoms with Crippen molar-refractivity contribution in [2.75, 3.05) is 5.32 Å². The van der Waals surface area contributed by atoms with Gasteiger partial charge >= 0.3 is 0 Å². The Morgan fingerprint density at radius 2 is 1.97 bits per heavy atom. The van der Waals surface area contributed by atoms with Gasteiger partial charge in [0.15, 0.2) is 0 Å². The van der Waals surface area contributed by atoms with Gasteiger partial charge in [-0.05, 0) is 50.7 Å². The van der Waals surface area contributed by atoms with Crippen LogP contribution >= 0.6 is 0 Å². The molecule has 2 aromatic rings. The molecule has 0 amide bonds. The third-order valence-electron chi connectivity index (χ3n) is 5.62. The Hall–Kier alpha value is -2.46. The second-order valence-corrected chi connectivity index (χ2v) is 9.46. The highest BCUT2D eigenvalue weighted by atomic mass is 32.2. The van der Waals surface area contributed by atoms with Crippen LogP contribution in [-0.2, 0) is 23.6 Å². The molecule has 158 valence electrons. The fourth-order valence-electron chi connectivity index (χ4n) is 3.55. The quantitative estimate of drug-likeness (QED) is 0.524. The first-order valence-corrected chi connectivity index (χ1v) is 11.2. The molecule has 0 radical (unpaired) electrons. The van der Waals surface area contributed by atoms with E-state index in [4.69, 9.17) is 0 Å². The summed E-state index contributed by atoms with van der Waals surface area (Å²) in [6, 6.07) is 3.84. The second kappa shape index (κ2) is 8.50. The minimum atomic E-state index is -3.82. The summed E-state index contributed by atoms with van der Waals surface area (Å²) in [5, 5.41) is 18.7. The number of benzene rings is 1. The highest BCUT2D eigenvalue weighted by molar-refractivity contribution is 7.89. The van der Waals surface area contributed by atoms with Gasteiger partial charge in [-0.2, -0.15) is 5.10 Å². The highest BCUT2D eigenvalue weighted by Crippen LogP contribution is 2.29. The number of anilines is 1. The molecule has 0 bridgehead atoms. The Kier molecular flexibility index (Phi) is 6.23. The summed E-state index contributed by atoms with van der Waals surface area (Å²) in [5.41, 5.74) is 1.85. The van der Waals surface area contributed by atoms with Gasteiger partial charge in [0.1, 0.15) is 5.69 Å². The Morgan fingerprint density at radius 3 is 2.55 bits per heavy atom. The monoisotopic (exact) mass is 421 g/mol. The zero-order valence-electron chi connectivity index (χ0n) is 16.9. The number of hydrogen-bond donors (Lipinski definition) is 2. The number of rotatable bonds is 7. The van der Waals surface area contributed by atoms with Gasteiger partial charge in [-0.15, -0.1) is 0 Å². The van der Waals surface area contributed by atoms with Crippen LogP contribution in [0, 0.1) is 23.0 Å². The number of sulfonamides is 1. The van der Waals surface area contributed by atoms with Crippen LogP contribution in [0.5, 0.6) is 0 Å². The number of nitro groups is 1. The summed E-state index contributed by atoms with van der Waals surface area (Å²) >= 11 is 0. The van der Waals surface area contributed by atoms with E-state index in [2.05, 4.69) is 22.1 Å². The number of nitrogens with zero attached hydrogens (tertiary/aromatic N) is 3. The molecule has 1 saturated carbocycles. The van der Waals surface area contributed by atoms with Crippen molar-refractivity contribution in [3.63, 3.8) is 0 Å². The summed E-state index contributed by atoms with van der Waals surface area (Å²) in [5.74, 6) is 0.602. The van der Waals surface area contributed by atoms with Gasteiger partial charge in [-0.1, -0.05) is 6.92 Å². The Balaban J connectivity index is 1.78. The number of hydrogen-bond acceptors (Lipinski definition) is 6. The lowest BCUT2D eigenvalue weighted by atomic mass is 9.88. The summed E-state index contributed by atoms with van der Waals surface area (Å²) < 4.78 is 29.9. The van der Waals surface area contributed by atoms with Gasteiger partial charge < -0.3 is 5.32 Å². The molecule has 0 saturated heterocycles. The summed E-state index contributed by atoms with van der Waals surface area (Å²) in [7, 11) is -2.00. The molecule has 0 spiro atoms. The topological polar surface area (TPSA) is 119 Å². The van der Waals surface area contributed by atoms with E-state index >= 15 is 0 Å². The van der Waals surface area contributed by atoms with Crippen molar-refractivity contribution in [3.05, 3.63) is 45.8 Å². The minimum absolute atomic E-state index is 0.0917. The van der Waals surface area contributed by atoms with Gasteiger partial charge in [0.2, 0.25) is 10.0 Å². The van der Waals surface area contributed by atoms with Gasteiger partial charge in [0, 0.05) is 37.0 Å². The molecule has 1 aliphatic rings. The maximum absolute atomic E-state index is 12.7. The smallest absolute Gasteiger partial charge is 0.293 e. The van der Waals surface area contributed by atoms with Crippen molar-refractivity contribution < 1.29 is 13.3 Å². The van der Waals surface area contributed by atoms with Crippen LogP contribution in [0.25, 0.3) is 0 Å². The molecule has 9 nitrogen and oxygen atoms in total. The first-order valence-electron chi connectivity index (χ1n) is 9.69. The van der Waals surface area contributed by atoms with E-state index in [0.717, 1.165) is 43.0 Å². The third kappa shape index (κ3) is 4.94. The molecule has 0 unspecified atom stereocenters. The van der Waals surface area contributed by atoms with Crippen LogP contribution in [0.1, 0.15) is 43.9 Å².